The number of methoxy groups -OCH3 is 1. The van der Waals surface area contributed by atoms with Crippen LogP contribution in [-0.4, -0.2) is 39.8 Å². The third-order valence-corrected chi connectivity index (χ3v) is 6.20. The molecule has 0 aromatic heterocycles. The van der Waals surface area contributed by atoms with Gasteiger partial charge in [0.15, 0.2) is 0 Å². The zero-order valence-electron chi connectivity index (χ0n) is 16.3. The first-order chi connectivity index (χ1) is 12.6. The topological polar surface area (TPSA) is 75.7 Å². The maximum absolute atomic E-state index is 12.3. The molecular formula is C20H26N2O4S. The number of amides is 1. The molecule has 1 N–H and O–H groups in total. The zero-order chi connectivity index (χ0) is 20.2. The minimum absolute atomic E-state index is 0.113. The number of nitrogens with zero attached hydrogens (tertiary/aromatic N) is 1. The number of carbonyl (C=O) groups is 1. The molecule has 0 aliphatic carbocycles. The fraction of sp³-hybridized carbons (Fsp3) is 0.350. The van der Waals surface area contributed by atoms with Crippen LogP contribution in [0.25, 0.3) is 0 Å². The van der Waals surface area contributed by atoms with E-state index in [9.17, 15) is 13.2 Å². The Balaban J connectivity index is 2.04. The first kappa shape index (κ1) is 20.9. The zero-order valence-corrected chi connectivity index (χ0v) is 17.1. The minimum atomic E-state index is -3.46. The Labute approximate surface area is 161 Å². The molecule has 0 spiro atoms. The quantitative estimate of drug-likeness (QED) is 0.789. The molecule has 0 saturated heterocycles. The van der Waals surface area contributed by atoms with Crippen molar-refractivity contribution >= 4 is 15.9 Å². The van der Waals surface area contributed by atoms with Crippen molar-refractivity contribution < 1.29 is 17.9 Å². The number of hydrogen-bond acceptors (Lipinski definition) is 4. The lowest BCUT2D eigenvalue weighted by Crippen LogP contribution is -2.28. The molecule has 1 atom stereocenters. The summed E-state index contributed by atoms with van der Waals surface area (Å²) < 4.78 is 30.7. The Kier molecular flexibility index (Phi) is 6.62. The Morgan fingerprint density at radius 1 is 1.15 bits per heavy atom. The second-order valence-electron chi connectivity index (χ2n) is 6.63. The molecule has 2 rings (SSSR count). The predicted octanol–water partition coefficient (Wildman–Crippen LogP) is 2.67. The molecular weight excluding hydrogens is 364 g/mol. The van der Waals surface area contributed by atoms with Crippen LogP contribution in [0.1, 0.15) is 29.7 Å². The van der Waals surface area contributed by atoms with Crippen LogP contribution in [0, 0.1) is 6.92 Å². The van der Waals surface area contributed by atoms with E-state index in [1.54, 1.807) is 31.4 Å². The van der Waals surface area contributed by atoms with E-state index in [0.717, 1.165) is 22.4 Å². The van der Waals surface area contributed by atoms with Crippen LogP contribution < -0.4 is 10.1 Å². The van der Waals surface area contributed by atoms with Gasteiger partial charge in [-0.3, -0.25) is 4.79 Å². The van der Waals surface area contributed by atoms with Gasteiger partial charge in [-0.1, -0.05) is 24.3 Å². The lowest BCUT2D eigenvalue weighted by atomic mass is 10.1. The third-order valence-electron chi connectivity index (χ3n) is 4.37. The summed E-state index contributed by atoms with van der Waals surface area (Å²) in [4.78, 5) is 12.6. The van der Waals surface area contributed by atoms with Crippen LogP contribution in [0.5, 0.6) is 5.75 Å². The second-order valence-corrected chi connectivity index (χ2v) is 8.78. The summed E-state index contributed by atoms with van der Waals surface area (Å²) in [6, 6.07) is 12.0. The standard InChI is InChI=1S/C20H26N2O4S/c1-14-6-7-16(12-19(14)26-5)13-20(23)21-15(2)17-8-10-18(11-9-17)27(24,25)22(3)4/h6-12,15H,13H2,1-5H3,(H,21,23). The number of rotatable bonds is 7. The van der Waals surface area contributed by atoms with Gasteiger partial charge in [-0.2, -0.15) is 0 Å². The van der Waals surface area contributed by atoms with E-state index >= 15 is 0 Å². The number of benzene rings is 2. The van der Waals surface area contributed by atoms with E-state index in [4.69, 9.17) is 4.74 Å². The van der Waals surface area contributed by atoms with Gasteiger partial charge in [-0.25, -0.2) is 12.7 Å². The number of nitrogens with one attached hydrogen (secondary N) is 1. The van der Waals surface area contributed by atoms with Gasteiger partial charge >= 0.3 is 0 Å². The number of ether oxygens (including phenoxy) is 1. The Hall–Kier alpha value is -2.38. The van der Waals surface area contributed by atoms with Crippen LogP contribution in [0.2, 0.25) is 0 Å². The summed E-state index contributed by atoms with van der Waals surface area (Å²) in [6.07, 6.45) is 0.244. The van der Waals surface area contributed by atoms with Crippen LogP contribution in [0.3, 0.4) is 0 Å². The Morgan fingerprint density at radius 2 is 1.78 bits per heavy atom. The van der Waals surface area contributed by atoms with E-state index in [1.165, 1.54) is 18.4 Å². The average Bonchev–Trinajstić information content (AvgIpc) is 2.63. The van der Waals surface area contributed by atoms with Crippen molar-refractivity contribution in [2.75, 3.05) is 21.2 Å². The number of sulfonamides is 1. The molecule has 0 fully saturated rings. The van der Waals surface area contributed by atoms with Crippen molar-refractivity contribution in [2.24, 2.45) is 0 Å². The van der Waals surface area contributed by atoms with Crippen molar-refractivity contribution in [1.82, 2.24) is 9.62 Å². The van der Waals surface area contributed by atoms with E-state index in [0.29, 0.717) is 0 Å². The van der Waals surface area contributed by atoms with Crippen molar-refractivity contribution in [3.8, 4) is 5.75 Å². The molecule has 27 heavy (non-hydrogen) atoms. The van der Waals surface area contributed by atoms with Gasteiger partial charge in [0.25, 0.3) is 0 Å². The van der Waals surface area contributed by atoms with Crippen molar-refractivity contribution in [1.29, 1.82) is 0 Å². The predicted molar refractivity (Wildman–Crippen MR) is 105 cm³/mol. The third kappa shape index (κ3) is 5.08. The molecule has 0 heterocycles. The summed E-state index contributed by atoms with van der Waals surface area (Å²) in [7, 11) is 1.13. The highest BCUT2D eigenvalue weighted by molar-refractivity contribution is 7.89. The molecule has 0 radical (unpaired) electrons. The maximum Gasteiger partial charge on any atom is 0.242 e. The van der Waals surface area contributed by atoms with Crippen molar-refractivity contribution in [2.45, 2.75) is 31.2 Å². The first-order valence-electron chi connectivity index (χ1n) is 8.60. The summed E-state index contributed by atoms with van der Waals surface area (Å²) in [6.45, 7) is 3.81. The van der Waals surface area contributed by atoms with Gasteiger partial charge in [0, 0.05) is 14.1 Å². The largest absolute Gasteiger partial charge is 0.496 e. The molecule has 2 aromatic carbocycles. The van der Waals surface area contributed by atoms with E-state index in [1.807, 2.05) is 32.0 Å². The number of hydrogen-bond donors (Lipinski definition) is 1. The molecule has 2 aromatic rings. The van der Waals surface area contributed by atoms with E-state index in [-0.39, 0.29) is 23.3 Å². The van der Waals surface area contributed by atoms with Crippen LogP contribution >= 0.6 is 0 Å². The number of carbonyl (C=O) groups excluding carboxylic acids is 1. The molecule has 1 amide bonds. The average molecular weight is 391 g/mol. The van der Waals surface area contributed by atoms with Crippen molar-refractivity contribution in [3.63, 3.8) is 0 Å². The summed E-state index contributed by atoms with van der Waals surface area (Å²) in [5.41, 5.74) is 2.72. The molecule has 0 bridgehead atoms. The smallest absolute Gasteiger partial charge is 0.242 e. The molecule has 146 valence electrons. The summed E-state index contributed by atoms with van der Waals surface area (Å²) in [5, 5.41) is 2.94. The van der Waals surface area contributed by atoms with Gasteiger partial charge in [-0.05, 0) is 48.7 Å². The summed E-state index contributed by atoms with van der Waals surface area (Å²) in [5.74, 6) is 0.643. The summed E-state index contributed by atoms with van der Waals surface area (Å²) >= 11 is 0. The van der Waals surface area contributed by atoms with Gasteiger partial charge in [-0.15, -0.1) is 0 Å². The van der Waals surface area contributed by atoms with Gasteiger partial charge in [0.1, 0.15) is 5.75 Å². The molecule has 0 aliphatic rings. The van der Waals surface area contributed by atoms with Gasteiger partial charge in [0.05, 0.1) is 24.5 Å². The van der Waals surface area contributed by atoms with Crippen molar-refractivity contribution in [3.05, 3.63) is 59.2 Å². The number of aryl methyl sites for hydroxylation is 1. The lowest BCUT2D eigenvalue weighted by Gasteiger charge is -2.16. The molecule has 1 unspecified atom stereocenters. The lowest BCUT2D eigenvalue weighted by molar-refractivity contribution is -0.121. The van der Waals surface area contributed by atoms with Crippen LogP contribution in [0.15, 0.2) is 47.4 Å². The highest BCUT2D eigenvalue weighted by Gasteiger charge is 2.18. The van der Waals surface area contributed by atoms with E-state index < -0.39 is 10.0 Å². The van der Waals surface area contributed by atoms with Crippen LogP contribution in [0.4, 0.5) is 0 Å². The molecule has 7 heteroatoms. The SMILES string of the molecule is COc1cc(CC(=O)NC(C)c2ccc(S(=O)(=O)N(C)C)cc2)ccc1C. The van der Waals surface area contributed by atoms with E-state index in [2.05, 4.69) is 5.32 Å². The van der Waals surface area contributed by atoms with Crippen LogP contribution in [-0.2, 0) is 21.2 Å². The fourth-order valence-corrected chi connectivity index (χ4v) is 3.58. The highest BCUT2D eigenvalue weighted by Crippen LogP contribution is 2.20. The molecule has 6 nitrogen and oxygen atoms in total. The first-order valence-corrected chi connectivity index (χ1v) is 10.0. The van der Waals surface area contributed by atoms with Gasteiger partial charge in [0.2, 0.25) is 15.9 Å². The fourth-order valence-electron chi connectivity index (χ4n) is 2.67. The minimum Gasteiger partial charge on any atom is -0.496 e. The monoisotopic (exact) mass is 390 g/mol. The highest BCUT2D eigenvalue weighted by atomic mass is 32.2. The Bertz CT molecular complexity index is 906. The molecule has 0 aliphatic heterocycles. The maximum atomic E-state index is 12.3. The Morgan fingerprint density at radius 3 is 2.33 bits per heavy atom. The second kappa shape index (κ2) is 8.54. The molecule has 0 saturated carbocycles. The normalized spacial score (nSPS) is 12.7. The van der Waals surface area contributed by atoms with Gasteiger partial charge < -0.3 is 10.1 Å².